The van der Waals surface area contributed by atoms with Crippen molar-refractivity contribution in [3.8, 4) is 11.5 Å². The molecular weight excluding hydrogens is 220 g/mol. The number of nitrogens with zero attached hydrogens (tertiary/aromatic N) is 2. The van der Waals surface area contributed by atoms with Gasteiger partial charge in [0.05, 0.1) is 32.5 Å². The first-order chi connectivity index (χ1) is 8.42. The molecule has 5 nitrogen and oxygen atoms in total. The van der Waals surface area contributed by atoms with Crippen molar-refractivity contribution in [2.45, 2.75) is 0 Å². The Labute approximate surface area is 99.6 Å². The minimum absolute atomic E-state index is 0.305. The van der Waals surface area contributed by atoms with Crippen molar-refractivity contribution in [3.05, 3.63) is 23.8 Å². The zero-order valence-electron chi connectivity index (χ0n) is 9.46. The molecule has 0 saturated carbocycles. The van der Waals surface area contributed by atoms with E-state index in [1.54, 1.807) is 0 Å². The van der Waals surface area contributed by atoms with Gasteiger partial charge in [0.15, 0.2) is 11.5 Å². The third-order valence-electron chi connectivity index (χ3n) is 2.75. The largest absolute Gasteiger partial charge is 0.454 e. The quantitative estimate of drug-likeness (QED) is 0.718. The third-order valence-corrected chi connectivity index (χ3v) is 2.75. The highest BCUT2D eigenvalue weighted by Crippen LogP contribution is 2.31. The Morgan fingerprint density at radius 3 is 2.82 bits per heavy atom. The summed E-state index contributed by atoms with van der Waals surface area (Å²) in [5, 5.41) is 6.42. The molecule has 2 aliphatic heterocycles. The molecule has 0 aliphatic carbocycles. The van der Waals surface area contributed by atoms with E-state index in [0.717, 1.165) is 43.4 Å². The van der Waals surface area contributed by atoms with Crippen LogP contribution in [0.4, 0.5) is 0 Å². The summed E-state index contributed by atoms with van der Waals surface area (Å²) in [6.07, 6.45) is 1.84. The smallest absolute Gasteiger partial charge is 0.231 e. The first-order valence-electron chi connectivity index (χ1n) is 5.68. The molecule has 3 rings (SSSR count). The SMILES string of the molecule is C(=N\N1CCOCC1)/c1ccc2c(c1)OCO2. The average molecular weight is 234 g/mol. The minimum Gasteiger partial charge on any atom is -0.454 e. The van der Waals surface area contributed by atoms with Crippen LogP contribution in [-0.2, 0) is 4.74 Å². The second-order valence-corrected chi connectivity index (χ2v) is 3.92. The van der Waals surface area contributed by atoms with E-state index in [-0.39, 0.29) is 0 Å². The van der Waals surface area contributed by atoms with E-state index in [4.69, 9.17) is 14.2 Å². The van der Waals surface area contributed by atoms with E-state index >= 15 is 0 Å². The Morgan fingerprint density at radius 2 is 1.94 bits per heavy atom. The van der Waals surface area contributed by atoms with Crippen molar-refractivity contribution in [2.24, 2.45) is 5.10 Å². The highest BCUT2D eigenvalue weighted by molar-refractivity contribution is 5.80. The topological polar surface area (TPSA) is 43.3 Å². The lowest BCUT2D eigenvalue weighted by Crippen LogP contribution is -2.32. The van der Waals surface area contributed by atoms with E-state index in [0.29, 0.717) is 6.79 Å². The Kier molecular flexibility index (Phi) is 2.83. The summed E-state index contributed by atoms with van der Waals surface area (Å²) in [7, 11) is 0. The van der Waals surface area contributed by atoms with Gasteiger partial charge in [0.25, 0.3) is 0 Å². The maximum atomic E-state index is 5.31. The zero-order valence-corrected chi connectivity index (χ0v) is 9.46. The van der Waals surface area contributed by atoms with E-state index < -0.39 is 0 Å². The van der Waals surface area contributed by atoms with Crippen LogP contribution >= 0.6 is 0 Å². The lowest BCUT2D eigenvalue weighted by atomic mass is 10.2. The van der Waals surface area contributed by atoms with Gasteiger partial charge < -0.3 is 14.2 Å². The van der Waals surface area contributed by atoms with Crippen molar-refractivity contribution in [2.75, 3.05) is 33.1 Å². The molecule has 1 aromatic rings. The molecule has 0 aromatic heterocycles. The van der Waals surface area contributed by atoms with Crippen molar-refractivity contribution in [3.63, 3.8) is 0 Å². The second kappa shape index (κ2) is 4.63. The fourth-order valence-electron chi connectivity index (χ4n) is 1.81. The van der Waals surface area contributed by atoms with Crippen LogP contribution in [0.25, 0.3) is 0 Å². The van der Waals surface area contributed by atoms with Gasteiger partial charge in [-0.05, 0) is 23.8 Å². The fraction of sp³-hybridized carbons (Fsp3) is 0.417. The maximum absolute atomic E-state index is 5.31. The predicted octanol–water partition coefficient (Wildman–Crippen LogP) is 1.08. The molecule has 0 bridgehead atoms. The summed E-state index contributed by atoms with van der Waals surface area (Å²) >= 11 is 0. The molecule has 1 fully saturated rings. The summed E-state index contributed by atoms with van der Waals surface area (Å²) in [6, 6.07) is 5.81. The summed E-state index contributed by atoms with van der Waals surface area (Å²) in [6.45, 7) is 3.50. The van der Waals surface area contributed by atoms with E-state index in [1.165, 1.54) is 0 Å². The first-order valence-corrected chi connectivity index (χ1v) is 5.68. The van der Waals surface area contributed by atoms with Crippen molar-refractivity contribution in [1.29, 1.82) is 0 Å². The Balaban J connectivity index is 1.69. The minimum atomic E-state index is 0.305. The van der Waals surface area contributed by atoms with Crippen LogP contribution in [0.1, 0.15) is 5.56 Å². The van der Waals surface area contributed by atoms with Crippen LogP contribution in [-0.4, -0.2) is 44.3 Å². The molecule has 17 heavy (non-hydrogen) atoms. The van der Waals surface area contributed by atoms with Gasteiger partial charge >= 0.3 is 0 Å². The highest BCUT2D eigenvalue weighted by atomic mass is 16.7. The molecule has 0 spiro atoms. The van der Waals surface area contributed by atoms with Gasteiger partial charge in [-0.25, -0.2) is 0 Å². The molecule has 1 saturated heterocycles. The number of hydrogen-bond donors (Lipinski definition) is 0. The number of fused-ring (bicyclic) bond motifs is 1. The fourth-order valence-corrected chi connectivity index (χ4v) is 1.81. The second-order valence-electron chi connectivity index (χ2n) is 3.92. The summed E-state index contributed by atoms with van der Waals surface area (Å²) in [5.74, 6) is 1.59. The van der Waals surface area contributed by atoms with Crippen LogP contribution in [0.3, 0.4) is 0 Å². The van der Waals surface area contributed by atoms with Gasteiger partial charge in [0.1, 0.15) is 0 Å². The maximum Gasteiger partial charge on any atom is 0.231 e. The number of hydrazone groups is 1. The van der Waals surface area contributed by atoms with Crippen molar-refractivity contribution < 1.29 is 14.2 Å². The molecule has 0 amide bonds. The summed E-state index contributed by atoms with van der Waals surface area (Å²) in [5.41, 5.74) is 1.01. The van der Waals surface area contributed by atoms with Crippen molar-refractivity contribution in [1.82, 2.24) is 5.01 Å². The monoisotopic (exact) mass is 234 g/mol. The van der Waals surface area contributed by atoms with Crippen molar-refractivity contribution >= 4 is 6.21 Å². The molecule has 1 aromatic carbocycles. The molecule has 2 aliphatic rings. The summed E-state index contributed by atoms with van der Waals surface area (Å²) in [4.78, 5) is 0. The van der Waals surface area contributed by atoms with Crippen LogP contribution in [0, 0.1) is 0 Å². The lowest BCUT2D eigenvalue weighted by molar-refractivity contribution is 0.0397. The summed E-state index contributed by atoms with van der Waals surface area (Å²) < 4.78 is 15.8. The number of rotatable bonds is 2. The molecular formula is C12H14N2O3. The number of ether oxygens (including phenoxy) is 3. The van der Waals surface area contributed by atoms with Crippen LogP contribution < -0.4 is 9.47 Å². The molecule has 5 heteroatoms. The average Bonchev–Trinajstić information content (AvgIpc) is 2.85. The van der Waals surface area contributed by atoms with Gasteiger partial charge in [-0.2, -0.15) is 5.10 Å². The normalized spacial score (nSPS) is 18.9. The number of benzene rings is 1. The molecule has 0 N–H and O–H groups in total. The molecule has 0 unspecified atom stereocenters. The Hall–Kier alpha value is -1.75. The zero-order chi connectivity index (χ0) is 11.5. The number of hydrogen-bond acceptors (Lipinski definition) is 5. The molecule has 90 valence electrons. The van der Waals surface area contributed by atoms with Crippen LogP contribution in [0.15, 0.2) is 23.3 Å². The Morgan fingerprint density at radius 1 is 1.12 bits per heavy atom. The standard InChI is InChI=1S/C12H14N2O3/c1-2-11-12(17-9-16-11)7-10(1)8-13-14-3-5-15-6-4-14/h1-2,7-8H,3-6,9H2/b13-8+. The van der Waals surface area contributed by atoms with Gasteiger partial charge in [-0.15, -0.1) is 0 Å². The highest BCUT2D eigenvalue weighted by Gasteiger charge is 2.12. The molecule has 0 radical (unpaired) electrons. The van der Waals surface area contributed by atoms with Crippen LogP contribution in [0.2, 0.25) is 0 Å². The first kappa shape index (κ1) is 10.4. The molecule has 0 atom stereocenters. The Bertz CT molecular complexity index is 428. The van der Waals surface area contributed by atoms with Gasteiger partial charge in [-0.3, -0.25) is 5.01 Å². The number of morpholine rings is 1. The molecule has 2 heterocycles. The van der Waals surface area contributed by atoms with E-state index in [9.17, 15) is 0 Å². The predicted molar refractivity (Wildman–Crippen MR) is 62.6 cm³/mol. The van der Waals surface area contributed by atoms with E-state index in [1.807, 2.05) is 29.4 Å². The van der Waals surface area contributed by atoms with Gasteiger partial charge in [0.2, 0.25) is 6.79 Å². The van der Waals surface area contributed by atoms with Gasteiger partial charge in [-0.1, -0.05) is 0 Å². The third kappa shape index (κ3) is 2.34. The lowest BCUT2D eigenvalue weighted by Gasteiger charge is -2.23. The van der Waals surface area contributed by atoms with Gasteiger partial charge in [0, 0.05) is 0 Å². The van der Waals surface area contributed by atoms with E-state index in [2.05, 4.69) is 5.10 Å². The van der Waals surface area contributed by atoms with Crippen LogP contribution in [0.5, 0.6) is 11.5 Å².